The average Bonchev–Trinajstić information content (AvgIpc) is 2.47. The van der Waals surface area contributed by atoms with E-state index in [2.05, 4.69) is 56.3 Å². The van der Waals surface area contributed by atoms with E-state index in [1.807, 2.05) is 12.1 Å². The van der Waals surface area contributed by atoms with Crippen molar-refractivity contribution in [2.45, 2.75) is 13.8 Å². The van der Waals surface area contributed by atoms with Crippen LogP contribution in [0, 0.1) is 19.3 Å². The molecule has 0 fully saturated rings. The number of fused-ring (bicyclic) bond motifs is 1. The smallest absolute Gasteiger partial charge is 0.0256 e. The van der Waals surface area contributed by atoms with Crippen LogP contribution >= 0.6 is 0 Å². The van der Waals surface area contributed by atoms with Gasteiger partial charge in [0.1, 0.15) is 0 Å². The Morgan fingerprint density at radius 1 is 0.800 bits per heavy atom. The predicted octanol–water partition coefficient (Wildman–Crippen LogP) is 5.12. The molecule has 0 unspecified atom stereocenters. The first-order valence-corrected chi connectivity index (χ1v) is 6.80. The first-order chi connectivity index (χ1) is 9.70. The molecule has 3 aromatic rings. The van der Waals surface area contributed by atoms with Gasteiger partial charge in [-0.15, -0.1) is 0 Å². The third kappa shape index (κ3) is 2.01. The Labute approximate surface area is 119 Å². The molecular weight excluding hydrogens is 242 g/mol. The fourth-order valence-corrected chi connectivity index (χ4v) is 2.80. The van der Waals surface area contributed by atoms with Gasteiger partial charge in [0.15, 0.2) is 0 Å². The topological polar surface area (TPSA) is 23.9 Å². The van der Waals surface area contributed by atoms with E-state index < -0.39 is 0 Å². The van der Waals surface area contributed by atoms with Crippen LogP contribution in [-0.2, 0) is 0 Å². The zero-order chi connectivity index (χ0) is 14.1. The first-order valence-electron chi connectivity index (χ1n) is 6.80. The Bertz CT molecular complexity index is 800. The van der Waals surface area contributed by atoms with E-state index in [4.69, 9.17) is 5.41 Å². The summed E-state index contributed by atoms with van der Waals surface area (Å²) in [4.78, 5) is 0. The molecular formula is C19H17N. The molecule has 1 N–H and O–H groups in total. The molecule has 0 saturated heterocycles. The van der Waals surface area contributed by atoms with E-state index in [9.17, 15) is 0 Å². The maximum atomic E-state index is 7.55. The maximum Gasteiger partial charge on any atom is 0.0256 e. The van der Waals surface area contributed by atoms with Crippen molar-refractivity contribution in [1.29, 1.82) is 5.41 Å². The van der Waals surface area contributed by atoms with Gasteiger partial charge in [0.2, 0.25) is 0 Å². The highest BCUT2D eigenvalue weighted by Gasteiger charge is 2.08. The molecule has 0 atom stereocenters. The lowest BCUT2D eigenvalue weighted by Gasteiger charge is -2.12. The van der Waals surface area contributed by atoms with Crippen LogP contribution in [0.1, 0.15) is 16.7 Å². The molecule has 0 heterocycles. The van der Waals surface area contributed by atoms with Gasteiger partial charge in [-0.05, 0) is 46.9 Å². The lowest BCUT2D eigenvalue weighted by Crippen LogP contribution is -1.90. The second-order valence-corrected chi connectivity index (χ2v) is 5.21. The SMILES string of the molecule is Cc1ccc(-c2ccc(C=N)c3ccccc23)c(C)c1. The van der Waals surface area contributed by atoms with Crippen molar-refractivity contribution in [3.8, 4) is 11.1 Å². The van der Waals surface area contributed by atoms with E-state index in [0.29, 0.717) is 0 Å². The van der Waals surface area contributed by atoms with Gasteiger partial charge in [-0.25, -0.2) is 0 Å². The average molecular weight is 259 g/mol. The minimum absolute atomic E-state index is 0.967. The summed E-state index contributed by atoms with van der Waals surface area (Å²) in [7, 11) is 0. The fraction of sp³-hybridized carbons (Fsp3) is 0.105. The van der Waals surface area contributed by atoms with E-state index >= 15 is 0 Å². The summed E-state index contributed by atoms with van der Waals surface area (Å²) in [6, 6.07) is 19.0. The summed E-state index contributed by atoms with van der Waals surface area (Å²) in [6.45, 7) is 4.27. The van der Waals surface area contributed by atoms with Gasteiger partial charge >= 0.3 is 0 Å². The van der Waals surface area contributed by atoms with Crippen LogP contribution in [0.5, 0.6) is 0 Å². The van der Waals surface area contributed by atoms with Gasteiger partial charge in [0.05, 0.1) is 0 Å². The van der Waals surface area contributed by atoms with Gasteiger partial charge in [-0.2, -0.15) is 0 Å². The van der Waals surface area contributed by atoms with Gasteiger partial charge in [-0.1, -0.05) is 60.2 Å². The molecule has 1 nitrogen and oxygen atoms in total. The summed E-state index contributed by atoms with van der Waals surface area (Å²) >= 11 is 0. The highest BCUT2D eigenvalue weighted by molar-refractivity contribution is 6.05. The quantitative estimate of drug-likeness (QED) is 0.617. The maximum absolute atomic E-state index is 7.55. The molecule has 0 radical (unpaired) electrons. The van der Waals surface area contributed by atoms with Crippen molar-refractivity contribution < 1.29 is 0 Å². The molecule has 0 bridgehead atoms. The Kier molecular flexibility index (Phi) is 3.11. The van der Waals surface area contributed by atoms with Crippen LogP contribution in [0.15, 0.2) is 54.6 Å². The van der Waals surface area contributed by atoms with Crippen molar-refractivity contribution in [3.63, 3.8) is 0 Å². The number of hydrogen-bond acceptors (Lipinski definition) is 1. The number of nitrogens with one attached hydrogen (secondary N) is 1. The molecule has 3 aromatic carbocycles. The number of aryl methyl sites for hydroxylation is 2. The largest absolute Gasteiger partial charge is 0.308 e. The predicted molar refractivity (Wildman–Crippen MR) is 86.7 cm³/mol. The Balaban J connectivity index is 2.35. The van der Waals surface area contributed by atoms with Crippen molar-refractivity contribution in [1.82, 2.24) is 0 Å². The molecule has 0 saturated carbocycles. The summed E-state index contributed by atoms with van der Waals surface area (Å²) in [5, 5.41) is 9.89. The third-order valence-corrected chi connectivity index (χ3v) is 3.79. The first kappa shape index (κ1) is 12.6. The Hall–Kier alpha value is -2.41. The van der Waals surface area contributed by atoms with Crippen LogP contribution < -0.4 is 0 Å². The molecule has 0 aliphatic carbocycles. The molecule has 0 aromatic heterocycles. The molecule has 3 rings (SSSR count). The minimum atomic E-state index is 0.967. The normalized spacial score (nSPS) is 10.7. The van der Waals surface area contributed by atoms with Gasteiger partial charge in [0.25, 0.3) is 0 Å². The van der Waals surface area contributed by atoms with Crippen molar-refractivity contribution in [2.24, 2.45) is 0 Å². The van der Waals surface area contributed by atoms with Crippen LogP contribution in [-0.4, -0.2) is 6.21 Å². The minimum Gasteiger partial charge on any atom is -0.308 e. The van der Waals surface area contributed by atoms with Crippen LogP contribution in [0.4, 0.5) is 0 Å². The fourth-order valence-electron chi connectivity index (χ4n) is 2.80. The summed E-state index contributed by atoms with van der Waals surface area (Å²) in [6.07, 6.45) is 1.42. The Morgan fingerprint density at radius 2 is 1.50 bits per heavy atom. The van der Waals surface area contributed by atoms with Crippen LogP contribution in [0.2, 0.25) is 0 Å². The standard InChI is InChI=1S/C19H17N/c1-13-7-9-16(14(2)11-13)19-10-8-15(12-20)17-5-3-4-6-18(17)19/h3-12,20H,1-2H3. The van der Waals surface area contributed by atoms with Gasteiger partial charge < -0.3 is 5.41 Å². The summed E-state index contributed by atoms with van der Waals surface area (Å²) < 4.78 is 0. The lowest BCUT2D eigenvalue weighted by atomic mass is 9.92. The zero-order valence-corrected chi connectivity index (χ0v) is 11.8. The Morgan fingerprint density at radius 3 is 2.20 bits per heavy atom. The number of rotatable bonds is 2. The van der Waals surface area contributed by atoms with Gasteiger partial charge in [-0.3, -0.25) is 0 Å². The second kappa shape index (κ2) is 4.93. The van der Waals surface area contributed by atoms with Crippen molar-refractivity contribution >= 4 is 17.0 Å². The number of benzene rings is 3. The van der Waals surface area contributed by atoms with E-state index in [1.165, 1.54) is 33.9 Å². The monoisotopic (exact) mass is 259 g/mol. The number of hydrogen-bond donors (Lipinski definition) is 1. The second-order valence-electron chi connectivity index (χ2n) is 5.21. The molecule has 0 aliphatic heterocycles. The van der Waals surface area contributed by atoms with E-state index in [-0.39, 0.29) is 0 Å². The van der Waals surface area contributed by atoms with Gasteiger partial charge in [0, 0.05) is 6.21 Å². The van der Waals surface area contributed by atoms with E-state index in [0.717, 1.165) is 10.9 Å². The highest BCUT2D eigenvalue weighted by Crippen LogP contribution is 2.32. The van der Waals surface area contributed by atoms with E-state index in [1.54, 1.807) is 0 Å². The van der Waals surface area contributed by atoms with Crippen molar-refractivity contribution in [3.05, 3.63) is 71.3 Å². The van der Waals surface area contributed by atoms with Crippen LogP contribution in [0.3, 0.4) is 0 Å². The molecule has 98 valence electrons. The van der Waals surface area contributed by atoms with Crippen LogP contribution in [0.25, 0.3) is 21.9 Å². The lowest BCUT2D eigenvalue weighted by molar-refractivity contribution is 1.38. The molecule has 1 heteroatoms. The highest BCUT2D eigenvalue weighted by atomic mass is 14.3. The summed E-state index contributed by atoms with van der Waals surface area (Å²) in [5.41, 5.74) is 6.05. The molecule has 20 heavy (non-hydrogen) atoms. The summed E-state index contributed by atoms with van der Waals surface area (Å²) in [5.74, 6) is 0. The third-order valence-electron chi connectivity index (χ3n) is 3.79. The molecule has 0 amide bonds. The van der Waals surface area contributed by atoms with Crippen molar-refractivity contribution in [2.75, 3.05) is 0 Å². The zero-order valence-electron chi connectivity index (χ0n) is 11.8. The molecule has 0 aliphatic rings. The molecule has 0 spiro atoms.